The summed E-state index contributed by atoms with van der Waals surface area (Å²) < 4.78 is 0. The third kappa shape index (κ3) is 3.91. The zero-order valence-electron chi connectivity index (χ0n) is 15.8. The van der Waals surface area contributed by atoms with Gasteiger partial charge in [0, 0.05) is 18.4 Å². The van der Waals surface area contributed by atoms with Gasteiger partial charge in [0.1, 0.15) is 5.52 Å². The average molecular weight is 359 g/mol. The lowest BCUT2D eigenvalue weighted by molar-refractivity contribution is 0.0834. The highest BCUT2D eigenvalue weighted by atomic mass is 16.3. The topological polar surface area (TPSA) is 98.2 Å². The molecule has 0 bridgehead atoms. The molecule has 0 aromatic carbocycles. The Balaban J connectivity index is 1.78. The van der Waals surface area contributed by atoms with Crippen molar-refractivity contribution in [2.45, 2.75) is 52.6 Å². The number of rotatable bonds is 5. The summed E-state index contributed by atoms with van der Waals surface area (Å²) in [6.45, 7) is 6.88. The van der Waals surface area contributed by atoms with Crippen LogP contribution in [0.1, 0.15) is 55.2 Å². The molecule has 142 valence electrons. The number of pyridine rings is 1. The molecule has 0 saturated carbocycles. The summed E-state index contributed by atoms with van der Waals surface area (Å²) >= 11 is 0. The predicted octanol–water partition coefficient (Wildman–Crippen LogP) is 2.19. The van der Waals surface area contributed by atoms with Crippen molar-refractivity contribution in [3.63, 3.8) is 0 Å². The number of nitrogens with zero attached hydrogens (tertiary/aromatic N) is 1. The summed E-state index contributed by atoms with van der Waals surface area (Å²) in [7, 11) is 0. The molecule has 1 amide bonds. The van der Waals surface area contributed by atoms with Crippen molar-refractivity contribution >= 4 is 16.9 Å². The second kappa shape index (κ2) is 7.37. The number of amides is 1. The number of carbonyl (C=O) groups excluding carboxylic acids is 1. The zero-order chi connectivity index (χ0) is 18.9. The van der Waals surface area contributed by atoms with Crippen molar-refractivity contribution < 1.29 is 15.0 Å². The van der Waals surface area contributed by atoms with E-state index in [-0.39, 0.29) is 17.9 Å². The summed E-state index contributed by atoms with van der Waals surface area (Å²) in [5.74, 6) is 0.433. The number of aromatic amines is 1. The van der Waals surface area contributed by atoms with E-state index in [0.717, 1.165) is 30.5 Å². The van der Waals surface area contributed by atoms with Gasteiger partial charge < -0.3 is 20.5 Å². The van der Waals surface area contributed by atoms with Crippen LogP contribution in [0.3, 0.4) is 0 Å². The first-order valence-corrected chi connectivity index (χ1v) is 9.36. The summed E-state index contributed by atoms with van der Waals surface area (Å²) in [6, 6.07) is 2.14. The predicted molar refractivity (Wildman–Crippen MR) is 101 cm³/mol. The Bertz CT molecular complexity index is 791. The number of fused-ring (bicyclic) bond motifs is 2. The molecule has 2 heterocycles. The van der Waals surface area contributed by atoms with Gasteiger partial charge in [0.2, 0.25) is 0 Å². The Morgan fingerprint density at radius 2 is 2.23 bits per heavy atom. The molecule has 0 fully saturated rings. The van der Waals surface area contributed by atoms with Crippen molar-refractivity contribution in [1.82, 2.24) is 15.3 Å². The molecule has 6 nitrogen and oxygen atoms in total. The van der Waals surface area contributed by atoms with Crippen LogP contribution >= 0.6 is 0 Å². The number of carbonyl (C=O) groups is 1. The van der Waals surface area contributed by atoms with Crippen LogP contribution in [0.25, 0.3) is 11.0 Å². The Kier molecular flexibility index (Phi) is 5.34. The van der Waals surface area contributed by atoms with E-state index in [1.54, 1.807) is 6.20 Å². The molecular formula is C20H29N3O3. The van der Waals surface area contributed by atoms with E-state index >= 15 is 0 Å². The van der Waals surface area contributed by atoms with E-state index in [2.05, 4.69) is 37.1 Å². The van der Waals surface area contributed by atoms with Crippen LogP contribution in [0, 0.1) is 11.3 Å². The van der Waals surface area contributed by atoms with Crippen molar-refractivity contribution in [1.29, 1.82) is 0 Å². The number of hydrogen-bond donors (Lipinski definition) is 4. The molecule has 26 heavy (non-hydrogen) atoms. The van der Waals surface area contributed by atoms with Crippen molar-refractivity contribution in [3.8, 4) is 0 Å². The minimum absolute atomic E-state index is 0.211. The molecule has 1 aliphatic rings. The zero-order valence-corrected chi connectivity index (χ0v) is 15.8. The number of hydrogen-bond acceptors (Lipinski definition) is 4. The fraction of sp³-hybridized carbons (Fsp3) is 0.600. The SMILES string of the molecule is CC(C)(C)C1CCc2nc3c(C(=O)NCCC(O)CO)c[nH]c3cc2C1. The van der Waals surface area contributed by atoms with Gasteiger partial charge in [0.15, 0.2) is 0 Å². The Labute approximate surface area is 154 Å². The molecule has 6 heteroatoms. The molecule has 3 rings (SSSR count). The molecule has 2 atom stereocenters. The number of aryl methyl sites for hydroxylation is 1. The molecule has 2 aromatic heterocycles. The molecule has 0 spiro atoms. The third-order valence-corrected chi connectivity index (χ3v) is 5.46. The highest BCUT2D eigenvalue weighted by molar-refractivity contribution is 6.05. The van der Waals surface area contributed by atoms with E-state index in [1.807, 2.05) is 0 Å². The van der Waals surface area contributed by atoms with Crippen LogP contribution in [0.4, 0.5) is 0 Å². The Morgan fingerprint density at radius 3 is 2.92 bits per heavy atom. The summed E-state index contributed by atoms with van der Waals surface area (Å²) in [4.78, 5) is 20.4. The van der Waals surface area contributed by atoms with Crippen LogP contribution in [0.5, 0.6) is 0 Å². The van der Waals surface area contributed by atoms with Crippen molar-refractivity contribution in [2.75, 3.05) is 13.2 Å². The number of H-pyrrole nitrogens is 1. The number of aliphatic hydroxyl groups excluding tert-OH is 2. The van der Waals surface area contributed by atoms with E-state index < -0.39 is 6.10 Å². The lowest BCUT2D eigenvalue weighted by Crippen LogP contribution is -2.28. The van der Waals surface area contributed by atoms with Gasteiger partial charge in [0.25, 0.3) is 5.91 Å². The van der Waals surface area contributed by atoms with Gasteiger partial charge in [-0.3, -0.25) is 9.78 Å². The van der Waals surface area contributed by atoms with Crippen LogP contribution in [0.2, 0.25) is 0 Å². The third-order valence-electron chi connectivity index (χ3n) is 5.46. The second-order valence-corrected chi connectivity index (χ2v) is 8.38. The normalized spacial score (nSPS) is 18.6. The van der Waals surface area contributed by atoms with Gasteiger partial charge in [0.05, 0.1) is 23.8 Å². The van der Waals surface area contributed by atoms with Gasteiger partial charge >= 0.3 is 0 Å². The van der Waals surface area contributed by atoms with Gasteiger partial charge in [-0.15, -0.1) is 0 Å². The van der Waals surface area contributed by atoms with E-state index in [9.17, 15) is 9.90 Å². The fourth-order valence-electron chi connectivity index (χ4n) is 3.65. The first kappa shape index (κ1) is 18.9. The van der Waals surface area contributed by atoms with Crippen LogP contribution in [-0.2, 0) is 12.8 Å². The minimum Gasteiger partial charge on any atom is -0.394 e. The highest BCUT2D eigenvalue weighted by Crippen LogP contribution is 2.37. The molecule has 2 unspecified atom stereocenters. The molecule has 0 aliphatic heterocycles. The summed E-state index contributed by atoms with van der Waals surface area (Å²) in [5, 5.41) is 21.0. The summed E-state index contributed by atoms with van der Waals surface area (Å²) in [5.41, 5.74) is 4.79. The maximum absolute atomic E-state index is 12.4. The highest BCUT2D eigenvalue weighted by Gasteiger charge is 2.30. The second-order valence-electron chi connectivity index (χ2n) is 8.38. The Morgan fingerprint density at radius 1 is 1.46 bits per heavy atom. The van der Waals surface area contributed by atoms with E-state index in [4.69, 9.17) is 10.1 Å². The number of aromatic nitrogens is 2. The molecule has 4 N–H and O–H groups in total. The summed E-state index contributed by atoms with van der Waals surface area (Å²) in [6.07, 6.45) is 4.31. The van der Waals surface area contributed by atoms with Gasteiger partial charge in [-0.25, -0.2) is 0 Å². The maximum atomic E-state index is 12.4. The minimum atomic E-state index is -0.806. The lowest BCUT2D eigenvalue weighted by Gasteiger charge is -2.34. The standard InChI is InChI=1S/C20H29N3O3/c1-20(2,3)13-4-5-16-12(8-13)9-17-18(23-16)15(10-22-17)19(26)21-7-6-14(25)11-24/h9-10,13-14,22,24-25H,4-8,11H2,1-3H3,(H,21,26). The first-order chi connectivity index (χ1) is 12.3. The largest absolute Gasteiger partial charge is 0.394 e. The lowest BCUT2D eigenvalue weighted by atomic mass is 9.71. The molecule has 2 aromatic rings. The van der Waals surface area contributed by atoms with Crippen molar-refractivity contribution in [3.05, 3.63) is 29.1 Å². The fourth-order valence-corrected chi connectivity index (χ4v) is 3.65. The maximum Gasteiger partial charge on any atom is 0.255 e. The average Bonchev–Trinajstić information content (AvgIpc) is 3.00. The molecular weight excluding hydrogens is 330 g/mol. The molecule has 0 saturated heterocycles. The van der Waals surface area contributed by atoms with Gasteiger partial charge in [-0.05, 0) is 48.6 Å². The smallest absolute Gasteiger partial charge is 0.255 e. The Hall–Kier alpha value is -1.92. The van der Waals surface area contributed by atoms with Crippen molar-refractivity contribution in [2.24, 2.45) is 11.3 Å². The van der Waals surface area contributed by atoms with Crippen LogP contribution in [-0.4, -0.2) is 45.3 Å². The quantitative estimate of drug-likeness (QED) is 0.658. The van der Waals surface area contributed by atoms with E-state index in [1.165, 1.54) is 5.56 Å². The molecule has 0 radical (unpaired) electrons. The van der Waals surface area contributed by atoms with Gasteiger partial charge in [-0.2, -0.15) is 0 Å². The van der Waals surface area contributed by atoms with Gasteiger partial charge in [-0.1, -0.05) is 20.8 Å². The van der Waals surface area contributed by atoms with Crippen LogP contribution in [0.15, 0.2) is 12.3 Å². The number of nitrogens with one attached hydrogen (secondary N) is 2. The first-order valence-electron chi connectivity index (χ1n) is 9.36. The van der Waals surface area contributed by atoms with Crippen LogP contribution < -0.4 is 5.32 Å². The van der Waals surface area contributed by atoms with E-state index in [0.29, 0.717) is 30.0 Å². The monoisotopic (exact) mass is 359 g/mol. The number of aliphatic hydroxyl groups is 2. The molecule has 1 aliphatic carbocycles.